The van der Waals surface area contributed by atoms with Crippen molar-refractivity contribution in [2.24, 2.45) is 0 Å². The van der Waals surface area contributed by atoms with Crippen molar-refractivity contribution in [2.75, 3.05) is 36.1 Å². The van der Waals surface area contributed by atoms with Gasteiger partial charge >= 0.3 is 0 Å². The Morgan fingerprint density at radius 1 is 1.12 bits per heavy atom. The Kier molecular flexibility index (Phi) is 7.81. The van der Waals surface area contributed by atoms with Crippen LogP contribution in [0.25, 0.3) is 0 Å². The number of hydrogen-bond donors (Lipinski definition) is 1. The van der Waals surface area contributed by atoms with E-state index in [1.54, 1.807) is 19.1 Å². The van der Waals surface area contributed by atoms with Crippen molar-refractivity contribution in [3.05, 3.63) is 47.0 Å². The van der Waals surface area contributed by atoms with E-state index >= 15 is 0 Å². The van der Waals surface area contributed by atoms with E-state index in [1.165, 1.54) is 42.6 Å². The number of aryl methyl sites for hydroxylation is 1. The molecule has 0 radical (unpaired) electrons. The number of ether oxygens (including phenoxy) is 1. The number of amides is 1. The van der Waals surface area contributed by atoms with E-state index in [9.17, 15) is 21.6 Å². The number of anilines is 2. The van der Waals surface area contributed by atoms with Crippen LogP contribution in [0.3, 0.4) is 0 Å². The highest BCUT2D eigenvalue weighted by atomic mass is 35.5. The number of sulfonamides is 2. The first-order valence-corrected chi connectivity index (χ1v) is 14.3. The van der Waals surface area contributed by atoms with Crippen LogP contribution in [0, 0.1) is 6.92 Å². The molecule has 34 heavy (non-hydrogen) atoms. The van der Waals surface area contributed by atoms with Crippen LogP contribution in [-0.4, -0.2) is 59.5 Å². The standard InChI is InChI=1S/C22H28ClN3O6S2/c1-15-7-8-17(23)13-20(15)26(33(4,28)29)16(2)22(27)24-19-14-18(9-10-21(19)32-3)34(30,31)25-11-5-6-12-25/h7-10,13-14,16H,5-6,11-12H2,1-4H3,(H,24,27). The molecule has 0 aliphatic carbocycles. The Bertz CT molecular complexity index is 1290. The van der Waals surface area contributed by atoms with Gasteiger partial charge in [-0.3, -0.25) is 9.10 Å². The molecule has 1 N–H and O–H groups in total. The molecule has 2 aromatic rings. The van der Waals surface area contributed by atoms with Gasteiger partial charge in [-0.2, -0.15) is 4.31 Å². The molecule has 1 fully saturated rings. The molecule has 12 heteroatoms. The van der Waals surface area contributed by atoms with Crippen LogP contribution in [0.15, 0.2) is 41.3 Å². The average molecular weight is 530 g/mol. The number of hydrogen-bond acceptors (Lipinski definition) is 6. The highest BCUT2D eigenvalue weighted by Crippen LogP contribution is 2.32. The first-order chi connectivity index (χ1) is 15.9. The fraction of sp³-hybridized carbons (Fsp3) is 0.409. The van der Waals surface area contributed by atoms with Gasteiger partial charge in [-0.1, -0.05) is 17.7 Å². The van der Waals surface area contributed by atoms with Crippen LogP contribution in [0.5, 0.6) is 5.75 Å². The van der Waals surface area contributed by atoms with Crippen LogP contribution in [0.1, 0.15) is 25.3 Å². The summed E-state index contributed by atoms with van der Waals surface area (Å²) in [6, 6.07) is 7.80. The number of benzene rings is 2. The average Bonchev–Trinajstić information content (AvgIpc) is 3.31. The molecule has 0 spiro atoms. The van der Waals surface area contributed by atoms with Crippen LogP contribution >= 0.6 is 11.6 Å². The fourth-order valence-electron chi connectivity index (χ4n) is 3.86. The second-order valence-corrected chi connectivity index (χ2v) is 12.4. The Balaban J connectivity index is 1.96. The topological polar surface area (TPSA) is 113 Å². The van der Waals surface area contributed by atoms with Gasteiger partial charge in [-0.05, 0) is 62.6 Å². The van der Waals surface area contributed by atoms with E-state index in [4.69, 9.17) is 16.3 Å². The lowest BCUT2D eigenvalue weighted by Gasteiger charge is -2.29. The summed E-state index contributed by atoms with van der Waals surface area (Å²) >= 11 is 6.08. The van der Waals surface area contributed by atoms with Crippen molar-refractivity contribution in [2.45, 2.75) is 37.6 Å². The summed E-state index contributed by atoms with van der Waals surface area (Å²) in [5, 5.41) is 2.96. The summed E-state index contributed by atoms with van der Waals surface area (Å²) < 4.78 is 58.9. The molecule has 186 valence electrons. The van der Waals surface area contributed by atoms with Crippen LogP contribution in [-0.2, 0) is 24.8 Å². The van der Waals surface area contributed by atoms with Gasteiger partial charge < -0.3 is 10.1 Å². The Hall–Kier alpha value is -2.34. The number of carbonyl (C=O) groups is 1. The first-order valence-electron chi connectivity index (χ1n) is 10.6. The van der Waals surface area contributed by atoms with Crippen molar-refractivity contribution in [1.29, 1.82) is 0 Å². The molecular weight excluding hydrogens is 502 g/mol. The number of carbonyl (C=O) groups excluding carboxylic acids is 1. The number of halogens is 1. The van der Waals surface area contributed by atoms with E-state index < -0.39 is 32.0 Å². The maximum atomic E-state index is 13.2. The summed E-state index contributed by atoms with van der Waals surface area (Å²) in [7, 11) is -6.21. The third-order valence-corrected chi connectivity index (χ3v) is 8.99. The monoisotopic (exact) mass is 529 g/mol. The van der Waals surface area contributed by atoms with Crippen LogP contribution in [0.4, 0.5) is 11.4 Å². The maximum Gasteiger partial charge on any atom is 0.248 e. The highest BCUT2D eigenvalue weighted by Gasteiger charge is 2.32. The summed E-state index contributed by atoms with van der Waals surface area (Å²) in [6.45, 7) is 4.03. The van der Waals surface area contributed by atoms with Crippen molar-refractivity contribution in [3.63, 3.8) is 0 Å². The Morgan fingerprint density at radius 3 is 2.35 bits per heavy atom. The van der Waals surface area contributed by atoms with Gasteiger partial charge in [-0.15, -0.1) is 0 Å². The van der Waals surface area contributed by atoms with Gasteiger partial charge in [0.2, 0.25) is 26.0 Å². The van der Waals surface area contributed by atoms with Crippen molar-refractivity contribution >= 4 is 48.9 Å². The minimum atomic E-state index is -3.87. The van der Waals surface area contributed by atoms with Gasteiger partial charge in [0.25, 0.3) is 0 Å². The quantitative estimate of drug-likeness (QED) is 0.561. The van der Waals surface area contributed by atoms with E-state index in [0.29, 0.717) is 23.7 Å². The fourth-order valence-corrected chi connectivity index (χ4v) is 6.80. The predicted molar refractivity (Wildman–Crippen MR) is 133 cm³/mol. The highest BCUT2D eigenvalue weighted by molar-refractivity contribution is 7.92. The second kappa shape index (κ2) is 10.1. The molecule has 1 aliphatic heterocycles. The second-order valence-electron chi connectivity index (χ2n) is 8.13. The molecule has 1 aliphatic rings. The Morgan fingerprint density at radius 2 is 1.76 bits per heavy atom. The maximum absolute atomic E-state index is 13.2. The molecule has 1 amide bonds. The minimum absolute atomic E-state index is 0.0174. The van der Waals surface area contributed by atoms with Gasteiger partial charge in [0, 0.05) is 18.1 Å². The largest absolute Gasteiger partial charge is 0.495 e. The summed E-state index contributed by atoms with van der Waals surface area (Å²) in [6.07, 6.45) is 2.59. The van der Waals surface area contributed by atoms with Crippen molar-refractivity contribution < 1.29 is 26.4 Å². The molecule has 0 aromatic heterocycles. The number of nitrogens with zero attached hydrogens (tertiary/aromatic N) is 2. The zero-order valence-corrected chi connectivity index (χ0v) is 21.8. The molecule has 1 atom stereocenters. The van der Waals surface area contributed by atoms with Crippen LogP contribution in [0.2, 0.25) is 5.02 Å². The SMILES string of the molecule is COc1ccc(S(=O)(=O)N2CCCC2)cc1NC(=O)C(C)N(c1cc(Cl)ccc1C)S(C)(=O)=O. The van der Waals surface area contributed by atoms with Gasteiger partial charge in [0.15, 0.2) is 0 Å². The predicted octanol–water partition coefficient (Wildman–Crippen LogP) is 3.23. The molecule has 2 aromatic carbocycles. The molecule has 0 saturated carbocycles. The number of nitrogens with one attached hydrogen (secondary N) is 1. The molecule has 9 nitrogen and oxygen atoms in total. The lowest BCUT2D eigenvalue weighted by molar-refractivity contribution is -0.116. The summed E-state index contributed by atoms with van der Waals surface area (Å²) in [5.74, 6) is -0.426. The smallest absolute Gasteiger partial charge is 0.248 e. The normalized spacial score (nSPS) is 15.7. The summed E-state index contributed by atoms with van der Waals surface area (Å²) in [4.78, 5) is 13.2. The zero-order valence-electron chi connectivity index (χ0n) is 19.4. The number of methoxy groups -OCH3 is 1. The lowest BCUT2D eigenvalue weighted by atomic mass is 10.1. The van der Waals surface area contributed by atoms with Gasteiger partial charge in [0.05, 0.1) is 29.6 Å². The van der Waals surface area contributed by atoms with Gasteiger partial charge in [-0.25, -0.2) is 16.8 Å². The van der Waals surface area contributed by atoms with Gasteiger partial charge in [0.1, 0.15) is 11.8 Å². The van der Waals surface area contributed by atoms with E-state index in [-0.39, 0.29) is 22.0 Å². The van der Waals surface area contributed by atoms with Crippen LogP contribution < -0.4 is 14.4 Å². The van der Waals surface area contributed by atoms with Crippen molar-refractivity contribution in [3.8, 4) is 5.75 Å². The van der Waals surface area contributed by atoms with Crippen molar-refractivity contribution in [1.82, 2.24) is 4.31 Å². The van der Waals surface area contributed by atoms with E-state index in [0.717, 1.165) is 23.4 Å². The first kappa shape index (κ1) is 26.3. The summed E-state index contributed by atoms with van der Waals surface area (Å²) in [5.41, 5.74) is 1.01. The molecule has 0 bridgehead atoms. The van der Waals surface area contributed by atoms with E-state index in [2.05, 4.69) is 5.32 Å². The van der Waals surface area contributed by atoms with E-state index in [1.807, 2.05) is 0 Å². The zero-order chi connectivity index (χ0) is 25.3. The third kappa shape index (κ3) is 5.48. The Labute approximate surface area is 205 Å². The number of rotatable bonds is 8. The molecule has 3 rings (SSSR count). The molecule has 1 unspecified atom stereocenters. The third-order valence-electron chi connectivity index (χ3n) is 5.63. The lowest BCUT2D eigenvalue weighted by Crippen LogP contribution is -2.45. The molecule has 1 saturated heterocycles. The minimum Gasteiger partial charge on any atom is -0.495 e. The molecular formula is C22H28ClN3O6S2. The molecule has 1 heterocycles.